The summed E-state index contributed by atoms with van der Waals surface area (Å²) in [5.74, 6) is 4.50. The van der Waals surface area contributed by atoms with E-state index in [1.54, 1.807) is 11.1 Å². The van der Waals surface area contributed by atoms with E-state index in [1.165, 1.54) is 97.8 Å². The minimum atomic E-state index is 0.134. The van der Waals surface area contributed by atoms with Gasteiger partial charge in [0.2, 0.25) is 0 Å². The topological polar surface area (TPSA) is 24.7 Å². The van der Waals surface area contributed by atoms with Gasteiger partial charge in [0.25, 0.3) is 0 Å². The summed E-state index contributed by atoms with van der Waals surface area (Å²) in [7, 11) is 0. The van der Waals surface area contributed by atoms with E-state index in [2.05, 4.69) is 122 Å². The molecule has 0 amide bonds. The molecule has 8 unspecified atom stereocenters. The molecule has 0 fully saturated rings. The zero-order valence-corrected chi connectivity index (χ0v) is 33.3. The molecule has 2 heteroatoms. The number of rotatable bonds is 8. The molecule has 1 aromatic carbocycles. The number of nitrogens with zero attached hydrogens (tertiary/aromatic N) is 2. The Morgan fingerprint density at radius 3 is 2.38 bits per heavy atom. The molecule has 1 aromatic rings. The maximum atomic E-state index is 5.71. The van der Waals surface area contributed by atoms with Gasteiger partial charge >= 0.3 is 0 Å². The smallest absolute Gasteiger partial charge is 0.150 e. The molecule has 0 radical (unpaired) electrons. The highest BCUT2D eigenvalue weighted by atomic mass is 15.0. The Balaban J connectivity index is 1.01. The lowest BCUT2D eigenvalue weighted by Crippen LogP contribution is -2.37. The quantitative estimate of drug-likeness (QED) is 0.238. The first kappa shape index (κ1) is 36.6. The maximum absolute atomic E-state index is 5.71. The Bertz CT molecular complexity index is 1960. The third-order valence-corrected chi connectivity index (χ3v) is 14.3. The summed E-state index contributed by atoms with van der Waals surface area (Å²) < 4.78 is 0. The summed E-state index contributed by atoms with van der Waals surface area (Å²) in [6.45, 7) is 2.43. The Morgan fingerprint density at radius 2 is 1.58 bits per heavy atom. The number of benzene rings is 1. The first-order chi connectivity index (χ1) is 27.2. The molecule has 2 nitrogen and oxygen atoms in total. The van der Waals surface area contributed by atoms with Crippen LogP contribution in [0.4, 0.5) is 0 Å². The molecule has 0 spiro atoms. The highest BCUT2D eigenvalue weighted by molar-refractivity contribution is 6.10. The standard InChI is InChI=1S/C53H62N2/c1-37-51(43-22-12-5-13-23-43)54-53(55-52(37)50-35-48(39-18-8-3-9-19-39)34-49(36-50)40-20-10-4-11-21-40)47-27-15-26-46(33-47)45-25-14-24-44(32-45)42-30-28-41(29-31-42)38-16-6-2-7-17-38/h3-4,8-10,12,14,16,18-19,22-24,28,30-33,36-37,40-41,45-46,48,50-51H,2,5-7,11,13,15,17,20-21,25-27,29,34-35H2,1H3. The van der Waals surface area contributed by atoms with Crippen LogP contribution in [0.15, 0.2) is 159 Å². The lowest BCUT2D eigenvalue weighted by molar-refractivity contribution is 0.416. The second kappa shape index (κ2) is 17.0. The third-order valence-electron chi connectivity index (χ3n) is 14.3. The van der Waals surface area contributed by atoms with Crippen molar-refractivity contribution in [3.8, 4) is 0 Å². The summed E-state index contributed by atoms with van der Waals surface area (Å²) >= 11 is 0. The first-order valence-electron chi connectivity index (χ1n) is 22.3. The second-order valence-corrected chi connectivity index (χ2v) is 17.8. The van der Waals surface area contributed by atoms with Crippen LogP contribution in [0, 0.1) is 35.5 Å². The van der Waals surface area contributed by atoms with Crippen LogP contribution < -0.4 is 0 Å². The molecule has 8 atom stereocenters. The van der Waals surface area contributed by atoms with Crippen molar-refractivity contribution in [2.45, 2.75) is 122 Å². The van der Waals surface area contributed by atoms with Gasteiger partial charge in [-0.15, -0.1) is 0 Å². The van der Waals surface area contributed by atoms with Gasteiger partial charge in [-0.1, -0.05) is 133 Å². The minimum absolute atomic E-state index is 0.134. The first-order valence-corrected chi connectivity index (χ1v) is 22.3. The van der Waals surface area contributed by atoms with Crippen LogP contribution in [0.3, 0.4) is 0 Å². The van der Waals surface area contributed by atoms with E-state index in [0.29, 0.717) is 35.5 Å². The van der Waals surface area contributed by atoms with Gasteiger partial charge < -0.3 is 0 Å². The number of allylic oxidation sites excluding steroid dienone is 17. The zero-order valence-electron chi connectivity index (χ0n) is 33.3. The van der Waals surface area contributed by atoms with Gasteiger partial charge in [-0.05, 0) is 154 Å². The van der Waals surface area contributed by atoms with Crippen molar-refractivity contribution in [1.82, 2.24) is 0 Å². The van der Waals surface area contributed by atoms with Gasteiger partial charge in [-0.2, -0.15) is 0 Å². The molecule has 8 aliphatic rings. The van der Waals surface area contributed by atoms with Crippen molar-refractivity contribution in [2.24, 2.45) is 45.5 Å². The number of aliphatic imine (C=N–C) groups is 2. The van der Waals surface area contributed by atoms with Crippen LogP contribution in [-0.4, -0.2) is 17.6 Å². The highest BCUT2D eigenvalue weighted by Gasteiger charge is 2.38. The van der Waals surface area contributed by atoms with Crippen molar-refractivity contribution in [2.75, 3.05) is 0 Å². The molecule has 1 heterocycles. The van der Waals surface area contributed by atoms with Crippen LogP contribution in [-0.2, 0) is 0 Å². The van der Waals surface area contributed by atoms with E-state index in [9.17, 15) is 0 Å². The Labute approximate surface area is 331 Å². The van der Waals surface area contributed by atoms with Gasteiger partial charge in [0.05, 0.1) is 6.04 Å². The van der Waals surface area contributed by atoms with Gasteiger partial charge in [-0.3, -0.25) is 4.99 Å². The van der Waals surface area contributed by atoms with Gasteiger partial charge in [0.1, 0.15) is 0 Å². The molecule has 0 saturated heterocycles. The van der Waals surface area contributed by atoms with Crippen molar-refractivity contribution >= 4 is 11.5 Å². The maximum Gasteiger partial charge on any atom is 0.150 e. The van der Waals surface area contributed by atoms with Crippen molar-refractivity contribution < 1.29 is 0 Å². The molecule has 0 saturated carbocycles. The zero-order chi connectivity index (χ0) is 37.0. The fourth-order valence-electron chi connectivity index (χ4n) is 11.1. The fraction of sp³-hybridized carbons (Fsp3) is 0.472. The minimum Gasteiger partial charge on any atom is -0.258 e. The summed E-state index contributed by atoms with van der Waals surface area (Å²) in [5, 5.41) is 0. The molecular formula is C53H62N2. The van der Waals surface area contributed by atoms with E-state index < -0.39 is 0 Å². The lowest BCUT2D eigenvalue weighted by atomic mass is 9.69. The second-order valence-electron chi connectivity index (χ2n) is 17.8. The van der Waals surface area contributed by atoms with Crippen molar-refractivity contribution in [1.29, 1.82) is 0 Å². The van der Waals surface area contributed by atoms with Crippen LogP contribution in [0.25, 0.3) is 0 Å². The van der Waals surface area contributed by atoms with Crippen molar-refractivity contribution in [3.05, 3.63) is 154 Å². The Morgan fingerprint density at radius 1 is 0.636 bits per heavy atom. The molecule has 0 bridgehead atoms. The molecule has 0 aromatic heterocycles. The predicted octanol–water partition coefficient (Wildman–Crippen LogP) is 13.8. The van der Waals surface area contributed by atoms with Crippen LogP contribution >= 0.6 is 0 Å². The molecule has 7 aliphatic carbocycles. The van der Waals surface area contributed by atoms with Gasteiger partial charge in [0, 0.05) is 23.5 Å². The molecule has 55 heavy (non-hydrogen) atoms. The molecule has 284 valence electrons. The SMILES string of the molecule is CC1C(C2C=C(C3CC=CCC3)CC(c3ccccc3)C2)=NC(C2=CC(C3C=C(C4=CCC(C5=CCCCC5)C=C4)C=CC3)CCC2)=NC1C1=CCCC=C1. The average Bonchev–Trinajstić information content (AvgIpc) is 3.27. The average molecular weight is 727 g/mol. The van der Waals surface area contributed by atoms with E-state index in [4.69, 9.17) is 9.98 Å². The number of amidine groups is 1. The predicted molar refractivity (Wildman–Crippen MR) is 233 cm³/mol. The van der Waals surface area contributed by atoms with Crippen LogP contribution in [0.2, 0.25) is 0 Å². The summed E-state index contributed by atoms with van der Waals surface area (Å²) in [4.78, 5) is 11.3. The van der Waals surface area contributed by atoms with Gasteiger partial charge in [0.15, 0.2) is 5.84 Å². The monoisotopic (exact) mass is 726 g/mol. The van der Waals surface area contributed by atoms with Crippen LogP contribution in [0.1, 0.15) is 121 Å². The third kappa shape index (κ3) is 8.26. The van der Waals surface area contributed by atoms with E-state index in [1.807, 2.05) is 0 Å². The Kier molecular flexibility index (Phi) is 11.3. The van der Waals surface area contributed by atoms with E-state index in [0.717, 1.165) is 44.4 Å². The Hall–Kier alpha value is -4.04. The molecule has 9 rings (SSSR count). The van der Waals surface area contributed by atoms with E-state index in [-0.39, 0.29) is 12.0 Å². The highest BCUT2D eigenvalue weighted by Crippen LogP contribution is 2.45. The molecular weight excluding hydrogens is 665 g/mol. The van der Waals surface area contributed by atoms with Crippen LogP contribution in [0.5, 0.6) is 0 Å². The number of hydrogen-bond donors (Lipinski definition) is 0. The molecule has 1 aliphatic heterocycles. The number of hydrogen-bond acceptors (Lipinski definition) is 2. The normalized spacial score (nSPS) is 33.7. The molecule has 0 N–H and O–H groups in total. The summed E-state index contributed by atoms with van der Waals surface area (Å²) in [5.41, 5.74) is 11.9. The summed E-state index contributed by atoms with van der Waals surface area (Å²) in [6, 6.07) is 11.5. The lowest BCUT2D eigenvalue weighted by Gasteiger charge is -2.38. The van der Waals surface area contributed by atoms with Crippen molar-refractivity contribution in [3.63, 3.8) is 0 Å². The van der Waals surface area contributed by atoms with Gasteiger partial charge in [-0.25, -0.2) is 4.99 Å². The largest absolute Gasteiger partial charge is 0.258 e. The fourth-order valence-corrected chi connectivity index (χ4v) is 11.1. The summed E-state index contributed by atoms with van der Waals surface area (Å²) in [6.07, 6.45) is 54.1. The van der Waals surface area contributed by atoms with E-state index >= 15 is 0 Å².